The van der Waals surface area contributed by atoms with Crippen LogP contribution in [-0.2, 0) is 6.42 Å². The molecule has 0 spiro atoms. The molecule has 2 aliphatic heterocycles. The molecule has 7 heteroatoms. The summed E-state index contributed by atoms with van der Waals surface area (Å²) in [5, 5.41) is 3.32. The van der Waals surface area contributed by atoms with Crippen molar-refractivity contribution >= 4 is 45.1 Å². The van der Waals surface area contributed by atoms with E-state index in [0.717, 1.165) is 51.6 Å². The Hall–Kier alpha value is -5.30. The highest BCUT2D eigenvalue weighted by Crippen LogP contribution is 2.40. The Morgan fingerprint density at radius 2 is 1.53 bits per heavy atom. The van der Waals surface area contributed by atoms with Crippen LogP contribution in [0.4, 0.5) is 19.0 Å². The first kappa shape index (κ1) is 27.3. The molecule has 1 atom stereocenters. The third-order valence-electron chi connectivity index (χ3n) is 8.63. The molecule has 220 valence electrons. The SMILES string of the molecule is FC(F)(F)C1C=C(c2cccc(-n3c4c(c5ccccc53)CCC=N4)c2)N=C(c2cccc(-c3ccc4ccccc4c3)n2)C1. The van der Waals surface area contributed by atoms with E-state index in [1.165, 1.54) is 11.6 Å². The molecule has 0 saturated carbocycles. The lowest BCUT2D eigenvalue weighted by atomic mass is 9.93. The summed E-state index contributed by atoms with van der Waals surface area (Å²) < 4.78 is 45.1. The molecule has 4 aromatic carbocycles. The lowest BCUT2D eigenvalue weighted by molar-refractivity contribution is -0.159. The maximum atomic E-state index is 14.3. The van der Waals surface area contributed by atoms with Gasteiger partial charge >= 0.3 is 6.18 Å². The van der Waals surface area contributed by atoms with Crippen molar-refractivity contribution < 1.29 is 13.2 Å². The van der Waals surface area contributed by atoms with Gasteiger partial charge in [-0.15, -0.1) is 0 Å². The van der Waals surface area contributed by atoms with Crippen LogP contribution in [0.3, 0.4) is 0 Å². The first-order valence-electron chi connectivity index (χ1n) is 15.0. The van der Waals surface area contributed by atoms with E-state index in [-0.39, 0.29) is 12.1 Å². The standard InChI is InChI=1S/C38H27F3N4/c39-38(40,41)28-22-34(26-10-5-11-29(21-26)45-36-16-4-3-12-30(36)31-13-7-19-42-37(31)45)44-35(23-28)33-15-6-14-32(43-33)27-18-17-24-8-1-2-9-25(24)20-27/h1-6,8-12,14-22,28H,7,13,23H2. The molecule has 6 aromatic rings. The number of hydrogen-bond acceptors (Lipinski definition) is 3. The summed E-state index contributed by atoms with van der Waals surface area (Å²) in [6.45, 7) is 0. The van der Waals surface area contributed by atoms with Gasteiger partial charge in [-0.1, -0.05) is 72.8 Å². The number of rotatable bonds is 4. The Morgan fingerprint density at radius 3 is 2.42 bits per heavy atom. The van der Waals surface area contributed by atoms with Crippen LogP contribution in [0.2, 0.25) is 0 Å². The van der Waals surface area contributed by atoms with Crippen LogP contribution in [0.25, 0.3) is 44.3 Å². The third-order valence-corrected chi connectivity index (χ3v) is 8.63. The molecule has 0 saturated heterocycles. The van der Waals surface area contributed by atoms with E-state index in [1.54, 1.807) is 6.07 Å². The number of benzene rings is 4. The summed E-state index contributed by atoms with van der Waals surface area (Å²) in [5.74, 6) is -0.816. The number of aryl methyl sites for hydroxylation is 1. The first-order chi connectivity index (χ1) is 21.9. The minimum Gasteiger partial charge on any atom is -0.294 e. The summed E-state index contributed by atoms with van der Waals surface area (Å²) in [5.41, 5.74) is 6.26. The lowest BCUT2D eigenvalue weighted by Crippen LogP contribution is -2.27. The van der Waals surface area contributed by atoms with E-state index in [1.807, 2.05) is 97.2 Å². The van der Waals surface area contributed by atoms with Gasteiger partial charge in [0.05, 0.1) is 34.2 Å². The van der Waals surface area contributed by atoms with Crippen LogP contribution in [0, 0.1) is 5.92 Å². The van der Waals surface area contributed by atoms with Gasteiger partial charge in [0.25, 0.3) is 0 Å². The summed E-state index contributed by atoms with van der Waals surface area (Å²) in [6.07, 6.45) is 0.241. The first-order valence-corrected chi connectivity index (χ1v) is 15.0. The third kappa shape index (κ3) is 4.94. The van der Waals surface area contributed by atoms with Gasteiger partial charge in [0.2, 0.25) is 0 Å². The molecular formula is C38H27F3N4. The molecule has 4 nitrogen and oxygen atoms in total. The van der Waals surface area contributed by atoms with Gasteiger partial charge in [0.15, 0.2) is 0 Å². The predicted octanol–water partition coefficient (Wildman–Crippen LogP) is 9.91. The fourth-order valence-electron chi connectivity index (χ4n) is 6.42. The second kappa shape index (κ2) is 10.7. The Balaban J connectivity index is 1.22. The zero-order valence-electron chi connectivity index (χ0n) is 24.2. The number of nitrogens with zero attached hydrogens (tertiary/aromatic N) is 4. The molecule has 0 amide bonds. The summed E-state index contributed by atoms with van der Waals surface area (Å²) in [6, 6.07) is 35.3. The molecule has 0 bridgehead atoms. The largest absolute Gasteiger partial charge is 0.395 e. The predicted molar refractivity (Wildman–Crippen MR) is 176 cm³/mol. The Bertz CT molecular complexity index is 2200. The van der Waals surface area contributed by atoms with Gasteiger partial charge in [-0.25, -0.2) is 9.98 Å². The quantitative estimate of drug-likeness (QED) is 0.200. The molecule has 4 heterocycles. The molecule has 1 unspecified atom stereocenters. The number of para-hydroxylation sites is 1. The summed E-state index contributed by atoms with van der Waals surface area (Å²) in [7, 11) is 0. The molecule has 0 aliphatic carbocycles. The van der Waals surface area contributed by atoms with Crippen molar-refractivity contribution in [1.82, 2.24) is 9.55 Å². The van der Waals surface area contributed by atoms with E-state index in [4.69, 9.17) is 15.0 Å². The maximum absolute atomic E-state index is 14.3. The van der Waals surface area contributed by atoms with Crippen molar-refractivity contribution in [3.63, 3.8) is 0 Å². The van der Waals surface area contributed by atoms with Crippen LogP contribution < -0.4 is 0 Å². The molecule has 45 heavy (non-hydrogen) atoms. The highest BCUT2D eigenvalue weighted by atomic mass is 19.4. The smallest absolute Gasteiger partial charge is 0.294 e. The molecule has 0 fully saturated rings. The van der Waals surface area contributed by atoms with Crippen LogP contribution >= 0.6 is 0 Å². The van der Waals surface area contributed by atoms with Gasteiger partial charge in [0.1, 0.15) is 5.82 Å². The van der Waals surface area contributed by atoms with Crippen LogP contribution in [0.5, 0.6) is 0 Å². The van der Waals surface area contributed by atoms with Gasteiger partial charge in [-0.3, -0.25) is 9.56 Å². The number of hydrogen-bond donors (Lipinski definition) is 0. The highest BCUT2D eigenvalue weighted by Gasteiger charge is 2.41. The Kier molecular flexibility index (Phi) is 6.48. The van der Waals surface area contributed by atoms with Crippen molar-refractivity contribution in [3.05, 3.63) is 132 Å². The second-order valence-electron chi connectivity index (χ2n) is 11.5. The lowest BCUT2D eigenvalue weighted by Gasteiger charge is -2.23. The normalized spacial score (nSPS) is 16.5. The maximum Gasteiger partial charge on any atom is 0.395 e. The molecule has 0 radical (unpaired) electrons. The molecule has 8 rings (SSSR count). The number of pyridine rings is 1. The number of allylic oxidation sites excluding steroid dienone is 1. The monoisotopic (exact) mass is 596 g/mol. The summed E-state index contributed by atoms with van der Waals surface area (Å²) in [4.78, 5) is 14.4. The fraction of sp³-hybridized carbons (Fsp3) is 0.132. The van der Waals surface area contributed by atoms with Crippen molar-refractivity contribution in [1.29, 1.82) is 0 Å². The molecule has 0 N–H and O–H groups in total. The van der Waals surface area contributed by atoms with Crippen LogP contribution in [-0.4, -0.2) is 27.7 Å². The zero-order chi connectivity index (χ0) is 30.5. The number of aliphatic imine (C=N–C) groups is 2. The number of fused-ring (bicyclic) bond motifs is 4. The van der Waals surface area contributed by atoms with Gasteiger partial charge in [-0.2, -0.15) is 13.2 Å². The van der Waals surface area contributed by atoms with E-state index >= 15 is 0 Å². The van der Waals surface area contributed by atoms with Gasteiger partial charge in [-0.05, 0) is 66.1 Å². The average Bonchev–Trinajstić information content (AvgIpc) is 3.42. The van der Waals surface area contributed by atoms with Crippen LogP contribution in [0.1, 0.15) is 29.7 Å². The molecule has 2 aliphatic rings. The Morgan fingerprint density at radius 1 is 0.733 bits per heavy atom. The average molecular weight is 597 g/mol. The zero-order valence-corrected chi connectivity index (χ0v) is 24.2. The minimum absolute atomic E-state index is 0.272. The highest BCUT2D eigenvalue weighted by molar-refractivity contribution is 6.04. The fourth-order valence-corrected chi connectivity index (χ4v) is 6.42. The minimum atomic E-state index is -4.43. The molecular weight excluding hydrogens is 569 g/mol. The number of halogens is 3. The van der Waals surface area contributed by atoms with Crippen molar-refractivity contribution in [2.45, 2.75) is 25.4 Å². The van der Waals surface area contributed by atoms with Crippen LogP contribution in [0.15, 0.2) is 125 Å². The van der Waals surface area contributed by atoms with Crippen molar-refractivity contribution in [2.24, 2.45) is 15.9 Å². The van der Waals surface area contributed by atoms with E-state index in [0.29, 0.717) is 22.7 Å². The van der Waals surface area contributed by atoms with E-state index in [2.05, 4.69) is 16.7 Å². The van der Waals surface area contributed by atoms with Gasteiger partial charge < -0.3 is 0 Å². The molecule has 2 aromatic heterocycles. The van der Waals surface area contributed by atoms with E-state index < -0.39 is 12.1 Å². The number of aromatic nitrogens is 2. The summed E-state index contributed by atoms with van der Waals surface area (Å²) >= 11 is 0. The van der Waals surface area contributed by atoms with Crippen molar-refractivity contribution in [3.8, 4) is 16.9 Å². The second-order valence-corrected chi connectivity index (χ2v) is 11.5. The van der Waals surface area contributed by atoms with Crippen molar-refractivity contribution in [2.75, 3.05) is 0 Å². The number of alkyl halides is 3. The van der Waals surface area contributed by atoms with E-state index in [9.17, 15) is 13.2 Å². The topological polar surface area (TPSA) is 42.5 Å². The Labute approximate surface area is 257 Å². The van der Waals surface area contributed by atoms with Gasteiger partial charge in [0, 0.05) is 40.4 Å².